The van der Waals surface area contributed by atoms with Crippen LogP contribution in [0.15, 0.2) is 91.1 Å². The van der Waals surface area contributed by atoms with E-state index in [-0.39, 0.29) is 16.8 Å². The molecule has 194 valence electrons. The average molecular weight is 521 g/mol. The number of hydrogen-bond donors (Lipinski definition) is 3. The minimum atomic E-state index is -5.36. The first-order valence-corrected chi connectivity index (χ1v) is 11.8. The van der Waals surface area contributed by atoms with Gasteiger partial charge in [-0.1, -0.05) is 78.4 Å². The normalized spacial score (nSPS) is 21.4. The fourth-order valence-corrected chi connectivity index (χ4v) is 4.64. The second-order valence-corrected chi connectivity index (χ2v) is 9.13. The second kappa shape index (κ2) is 9.46. The molecule has 1 aromatic heterocycles. The molecule has 0 aliphatic carbocycles. The lowest BCUT2D eigenvalue weighted by Gasteiger charge is -2.44. The summed E-state index contributed by atoms with van der Waals surface area (Å²) in [7, 11) is 0. The summed E-state index contributed by atoms with van der Waals surface area (Å²) in [6.07, 6.45) is -3.89. The van der Waals surface area contributed by atoms with Gasteiger partial charge >= 0.3 is 12.2 Å². The van der Waals surface area contributed by atoms with Crippen molar-refractivity contribution in [1.82, 2.24) is 20.4 Å². The number of benzene rings is 3. The molecule has 0 unspecified atom stereocenters. The minimum Gasteiger partial charge on any atom is -0.363 e. The van der Waals surface area contributed by atoms with Gasteiger partial charge in [0.1, 0.15) is 5.92 Å². The van der Waals surface area contributed by atoms with Crippen molar-refractivity contribution >= 4 is 11.8 Å². The summed E-state index contributed by atoms with van der Waals surface area (Å²) in [5.41, 5.74) is -1.51. The fraction of sp³-hybridized carbons (Fsp3) is 0.179. The number of rotatable bonds is 5. The van der Waals surface area contributed by atoms with Gasteiger partial charge in [0.2, 0.25) is 5.72 Å². The van der Waals surface area contributed by atoms with Gasteiger partial charge in [0.15, 0.2) is 5.78 Å². The van der Waals surface area contributed by atoms with Gasteiger partial charge in [0.05, 0.1) is 17.4 Å². The molecule has 3 aromatic carbocycles. The Labute approximate surface area is 215 Å². The third-order valence-corrected chi connectivity index (χ3v) is 6.57. The van der Waals surface area contributed by atoms with Crippen LogP contribution in [-0.4, -0.2) is 38.6 Å². The van der Waals surface area contributed by atoms with Crippen LogP contribution in [0.2, 0.25) is 0 Å². The molecule has 1 fully saturated rings. The first kappa shape index (κ1) is 25.2. The SMILES string of the molecule is Cc1ccc(C(=O)[C@@H]2[C@@H](c3cn(-c4ccccc4)nc3-c3ccccc3)NC(=O)N[C@@]2(O)C(F)(F)F)cc1. The van der Waals surface area contributed by atoms with Gasteiger partial charge in [0.25, 0.3) is 0 Å². The van der Waals surface area contributed by atoms with E-state index in [2.05, 4.69) is 10.4 Å². The van der Waals surface area contributed by atoms with Crippen LogP contribution < -0.4 is 10.6 Å². The molecule has 2 heterocycles. The van der Waals surface area contributed by atoms with Crippen LogP contribution in [0.4, 0.5) is 18.0 Å². The highest BCUT2D eigenvalue weighted by molar-refractivity contribution is 6.00. The monoisotopic (exact) mass is 520 g/mol. The first-order chi connectivity index (χ1) is 18.1. The van der Waals surface area contributed by atoms with Crippen molar-refractivity contribution in [3.8, 4) is 16.9 Å². The van der Waals surface area contributed by atoms with E-state index in [9.17, 15) is 27.9 Å². The largest absolute Gasteiger partial charge is 0.437 e. The Morgan fingerprint density at radius 3 is 2.18 bits per heavy atom. The highest BCUT2D eigenvalue weighted by Gasteiger charge is 2.66. The molecule has 0 radical (unpaired) electrons. The number of aliphatic hydroxyl groups is 1. The lowest BCUT2D eigenvalue weighted by molar-refractivity contribution is -0.287. The quantitative estimate of drug-likeness (QED) is 0.325. The van der Waals surface area contributed by atoms with Gasteiger partial charge < -0.3 is 15.7 Å². The highest BCUT2D eigenvalue weighted by Crippen LogP contribution is 2.45. The number of urea groups is 1. The molecule has 0 spiro atoms. The number of carbonyl (C=O) groups is 2. The van der Waals surface area contributed by atoms with E-state index in [4.69, 9.17) is 0 Å². The number of amides is 2. The summed E-state index contributed by atoms with van der Waals surface area (Å²) in [6.45, 7) is 1.77. The molecule has 1 aliphatic heterocycles. The number of hydrogen-bond acceptors (Lipinski definition) is 4. The summed E-state index contributed by atoms with van der Waals surface area (Å²) in [5, 5.41) is 19.6. The molecule has 1 aliphatic rings. The molecular weight excluding hydrogens is 497 g/mol. The fourth-order valence-electron chi connectivity index (χ4n) is 4.64. The van der Waals surface area contributed by atoms with E-state index in [1.54, 1.807) is 85.0 Å². The van der Waals surface area contributed by atoms with Crippen molar-refractivity contribution in [3.63, 3.8) is 0 Å². The Morgan fingerprint density at radius 2 is 1.58 bits per heavy atom. The Kier molecular flexibility index (Phi) is 6.28. The molecule has 2 amide bonds. The van der Waals surface area contributed by atoms with Crippen molar-refractivity contribution in [2.45, 2.75) is 24.9 Å². The van der Waals surface area contributed by atoms with E-state index in [0.29, 0.717) is 11.3 Å². The summed E-state index contributed by atoms with van der Waals surface area (Å²) in [5.74, 6) is -3.16. The molecular formula is C28H23F3N4O3. The van der Waals surface area contributed by atoms with Crippen LogP contribution >= 0.6 is 0 Å². The van der Waals surface area contributed by atoms with Crippen LogP contribution in [0.3, 0.4) is 0 Å². The maximum absolute atomic E-state index is 14.4. The predicted molar refractivity (Wildman–Crippen MR) is 133 cm³/mol. The lowest BCUT2D eigenvalue weighted by atomic mass is 9.77. The second-order valence-electron chi connectivity index (χ2n) is 9.13. The van der Waals surface area contributed by atoms with Crippen LogP contribution in [0, 0.1) is 12.8 Å². The van der Waals surface area contributed by atoms with E-state index in [1.807, 2.05) is 0 Å². The van der Waals surface area contributed by atoms with Crippen molar-refractivity contribution in [2.75, 3.05) is 0 Å². The van der Waals surface area contributed by atoms with Gasteiger partial charge in [-0.25, -0.2) is 9.48 Å². The van der Waals surface area contributed by atoms with Crippen molar-refractivity contribution in [1.29, 1.82) is 0 Å². The molecule has 0 bridgehead atoms. The smallest absolute Gasteiger partial charge is 0.363 e. The summed E-state index contributed by atoms with van der Waals surface area (Å²) in [6, 6.07) is 20.7. The van der Waals surface area contributed by atoms with Crippen LogP contribution in [0.1, 0.15) is 27.5 Å². The lowest BCUT2D eigenvalue weighted by Crippen LogP contribution is -2.72. The number of carbonyl (C=O) groups excluding carboxylic acids is 2. The topological polar surface area (TPSA) is 96.2 Å². The van der Waals surface area contributed by atoms with Crippen LogP contribution in [0.5, 0.6) is 0 Å². The predicted octanol–water partition coefficient (Wildman–Crippen LogP) is 4.95. The number of alkyl halides is 3. The zero-order valence-electron chi connectivity index (χ0n) is 20.1. The van der Waals surface area contributed by atoms with Gasteiger partial charge in [-0.2, -0.15) is 18.3 Å². The zero-order chi connectivity index (χ0) is 27.1. The zero-order valence-corrected chi connectivity index (χ0v) is 20.1. The summed E-state index contributed by atoms with van der Waals surface area (Å²) >= 11 is 0. The van der Waals surface area contributed by atoms with Gasteiger partial charge in [0, 0.05) is 22.9 Å². The van der Waals surface area contributed by atoms with Gasteiger partial charge in [-0.3, -0.25) is 4.79 Å². The Bertz CT molecular complexity index is 1470. The van der Waals surface area contributed by atoms with E-state index < -0.39 is 35.7 Å². The maximum Gasteiger partial charge on any atom is 0.437 e. The number of halogens is 3. The number of nitrogens with one attached hydrogen (secondary N) is 2. The number of aryl methyl sites for hydroxylation is 1. The van der Waals surface area contributed by atoms with E-state index >= 15 is 0 Å². The van der Waals surface area contributed by atoms with Crippen LogP contribution in [0.25, 0.3) is 16.9 Å². The molecule has 0 saturated carbocycles. The Morgan fingerprint density at radius 1 is 0.974 bits per heavy atom. The minimum absolute atomic E-state index is 0.0389. The van der Waals surface area contributed by atoms with Crippen LogP contribution in [-0.2, 0) is 0 Å². The number of ketones is 1. The molecule has 7 nitrogen and oxygen atoms in total. The number of nitrogens with zero attached hydrogens (tertiary/aromatic N) is 2. The summed E-state index contributed by atoms with van der Waals surface area (Å²) in [4.78, 5) is 26.3. The molecule has 10 heteroatoms. The molecule has 5 rings (SSSR count). The number of Topliss-reactive ketones (excluding diaryl/α,β-unsaturated/α-hetero) is 1. The number of para-hydroxylation sites is 1. The third kappa shape index (κ3) is 4.43. The van der Waals surface area contributed by atoms with Crippen molar-refractivity contribution < 1.29 is 27.9 Å². The Hall–Kier alpha value is -4.44. The van der Waals surface area contributed by atoms with Crippen molar-refractivity contribution in [2.24, 2.45) is 5.92 Å². The number of aromatic nitrogens is 2. The van der Waals surface area contributed by atoms with Crippen molar-refractivity contribution in [3.05, 3.63) is 108 Å². The van der Waals surface area contributed by atoms with E-state index in [1.165, 1.54) is 23.0 Å². The molecule has 3 N–H and O–H groups in total. The first-order valence-electron chi connectivity index (χ1n) is 11.8. The third-order valence-electron chi connectivity index (χ3n) is 6.57. The Balaban J connectivity index is 1.73. The molecule has 4 aromatic rings. The molecule has 3 atom stereocenters. The standard InChI is InChI=1S/C28H23F3N4O3/c1-17-12-14-19(15-13-17)25(36)22-24(32-26(37)33-27(22,38)28(29,30)31)21-16-35(20-10-6-3-7-11-20)34-23(21)18-8-4-2-5-9-18/h2-16,22,24,38H,1H3,(H2,32,33,37)/t22-,24+,27-/m0/s1. The van der Waals surface area contributed by atoms with E-state index in [0.717, 1.165) is 5.56 Å². The molecule has 38 heavy (non-hydrogen) atoms. The molecule has 1 saturated heterocycles. The van der Waals surface area contributed by atoms with Gasteiger partial charge in [-0.15, -0.1) is 0 Å². The van der Waals surface area contributed by atoms with Gasteiger partial charge in [-0.05, 0) is 19.1 Å². The average Bonchev–Trinajstić information content (AvgIpc) is 3.34. The summed E-state index contributed by atoms with van der Waals surface area (Å²) < 4.78 is 44.7. The highest BCUT2D eigenvalue weighted by atomic mass is 19.4. The maximum atomic E-state index is 14.4.